The molecule has 1 aliphatic rings. The van der Waals surface area contributed by atoms with Gasteiger partial charge < -0.3 is 29.5 Å². The van der Waals surface area contributed by atoms with Crippen LogP contribution in [-0.4, -0.2) is 61.6 Å². The molecule has 1 unspecified atom stereocenters. The number of benzene rings is 3. The predicted octanol–water partition coefficient (Wildman–Crippen LogP) is 5.53. The monoisotopic (exact) mass is 536 g/mol. The fourth-order valence-corrected chi connectivity index (χ4v) is 5.49. The summed E-state index contributed by atoms with van der Waals surface area (Å²) < 4.78 is 26.3. The number of methoxy groups -OCH3 is 1. The van der Waals surface area contributed by atoms with Crippen molar-refractivity contribution in [1.29, 1.82) is 0 Å². The Morgan fingerprint density at radius 1 is 0.974 bits per heavy atom. The zero-order valence-electron chi connectivity index (χ0n) is 23.3. The second-order valence-electron chi connectivity index (χ2n) is 10.1. The predicted molar refractivity (Wildman–Crippen MR) is 154 cm³/mol. The summed E-state index contributed by atoms with van der Waals surface area (Å²) >= 11 is 0. The molecular formula is C32H41FN2O4. The molecule has 7 heteroatoms. The zero-order valence-corrected chi connectivity index (χ0v) is 23.3. The maximum absolute atomic E-state index is 15.0. The number of phenols is 1. The van der Waals surface area contributed by atoms with Crippen molar-refractivity contribution in [1.82, 2.24) is 4.90 Å². The first-order valence-electron chi connectivity index (χ1n) is 13.9. The van der Waals surface area contributed by atoms with Gasteiger partial charge in [-0.15, -0.1) is 0 Å². The van der Waals surface area contributed by atoms with Crippen LogP contribution >= 0.6 is 0 Å². The van der Waals surface area contributed by atoms with Crippen molar-refractivity contribution in [3.05, 3.63) is 82.7 Å². The second kappa shape index (κ2) is 13.7. The van der Waals surface area contributed by atoms with Crippen molar-refractivity contribution in [2.24, 2.45) is 0 Å². The first kappa shape index (κ1) is 28.7. The van der Waals surface area contributed by atoms with E-state index >= 15 is 0 Å². The van der Waals surface area contributed by atoms with E-state index in [1.165, 1.54) is 22.8 Å². The minimum Gasteiger partial charge on any atom is -0.508 e. The Morgan fingerprint density at radius 2 is 1.79 bits per heavy atom. The van der Waals surface area contributed by atoms with Gasteiger partial charge in [-0.05, 0) is 90.9 Å². The van der Waals surface area contributed by atoms with Gasteiger partial charge in [0.2, 0.25) is 0 Å². The number of aromatic hydroxyl groups is 1. The SMILES string of the molecule is CCN(CC)CCOc1ccc(CN(CCO)c2cc(OC)ccc2C2CCc3cc(O)ccc3C2)cc1F. The molecular weight excluding hydrogens is 495 g/mol. The van der Waals surface area contributed by atoms with E-state index in [9.17, 15) is 14.6 Å². The average Bonchev–Trinajstić information content (AvgIpc) is 2.95. The van der Waals surface area contributed by atoms with Crippen LogP contribution in [0.3, 0.4) is 0 Å². The maximum Gasteiger partial charge on any atom is 0.165 e. The molecule has 3 aromatic rings. The lowest BCUT2D eigenvalue weighted by molar-refractivity contribution is 0.217. The molecule has 0 aliphatic heterocycles. The Hall–Kier alpha value is -3.29. The topological polar surface area (TPSA) is 65.4 Å². The van der Waals surface area contributed by atoms with E-state index in [0.717, 1.165) is 55.9 Å². The number of fused-ring (bicyclic) bond motifs is 1. The number of ether oxygens (including phenoxy) is 2. The molecule has 1 aliphatic carbocycles. The van der Waals surface area contributed by atoms with E-state index in [-0.39, 0.29) is 24.1 Å². The van der Waals surface area contributed by atoms with Crippen molar-refractivity contribution < 1.29 is 24.1 Å². The number of anilines is 1. The Kier molecular flexibility index (Phi) is 10.1. The number of likely N-dealkylation sites (N-methyl/N-ethyl adjacent to an activating group) is 1. The molecule has 0 bridgehead atoms. The van der Waals surface area contributed by atoms with E-state index in [0.29, 0.717) is 25.4 Å². The number of aryl methyl sites for hydroxylation is 1. The van der Waals surface area contributed by atoms with Crippen LogP contribution in [0.5, 0.6) is 17.2 Å². The van der Waals surface area contributed by atoms with Gasteiger partial charge in [0.05, 0.1) is 13.7 Å². The number of aliphatic hydroxyl groups is 1. The van der Waals surface area contributed by atoms with Crippen LogP contribution in [-0.2, 0) is 19.4 Å². The summed E-state index contributed by atoms with van der Waals surface area (Å²) in [6.45, 7) is 8.08. The largest absolute Gasteiger partial charge is 0.508 e. The molecule has 210 valence electrons. The quantitative estimate of drug-likeness (QED) is 0.299. The van der Waals surface area contributed by atoms with E-state index in [2.05, 4.69) is 29.7 Å². The molecule has 0 amide bonds. The minimum absolute atomic E-state index is 0.0293. The van der Waals surface area contributed by atoms with Crippen molar-refractivity contribution in [3.63, 3.8) is 0 Å². The summed E-state index contributed by atoms with van der Waals surface area (Å²) in [5, 5.41) is 19.8. The van der Waals surface area contributed by atoms with Crippen LogP contribution in [0.2, 0.25) is 0 Å². The fourth-order valence-electron chi connectivity index (χ4n) is 5.49. The molecule has 0 saturated heterocycles. The standard InChI is InChI=1S/C32H41FN2O4/c1-4-34(5-2)15-17-39-32-13-6-23(18-30(32)33)22-35(14-16-36)31-21-28(38-3)11-12-29(31)26-8-7-25-20-27(37)10-9-24(25)19-26/h6,9-13,18,20-21,26,36-37H,4-5,7-8,14-17,19,22H2,1-3H3. The van der Waals surface area contributed by atoms with E-state index < -0.39 is 0 Å². The number of aliphatic hydroxyl groups excluding tert-OH is 1. The third kappa shape index (κ3) is 7.22. The van der Waals surface area contributed by atoms with Gasteiger partial charge in [0.15, 0.2) is 11.6 Å². The first-order chi connectivity index (χ1) is 18.9. The molecule has 6 nitrogen and oxygen atoms in total. The molecule has 39 heavy (non-hydrogen) atoms. The van der Waals surface area contributed by atoms with Crippen LogP contribution in [0.15, 0.2) is 54.6 Å². The summed E-state index contributed by atoms with van der Waals surface area (Å²) in [6.07, 6.45) is 2.72. The third-order valence-electron chi connectivity index (χ3n) is 7.74. The smallest absolute Gasteiger partial charge is 0.165 e. The summed E-state index contributed by atoms with van der Waals surface area (Å²) in [5.41, 5.74) is 5.41. The van der Waals surface area contributed by atoms with Gasteiger partial charge in [-0.2, -0.15) is 0 Å². The molecule has 1 atom stereocenters. The van der Waals surface area contributed by atoms with Gasteiger partial charge in [-0.25, -0.2) is 4.39 Å². The number of phenolic OH excluding ortho intramolecular Hbond substituents is 1. The summed E-state index contributed by atoms with van der Waals surface area (Å²) in [4.78, 5) is 4.33. The molecule has 0 heterocycles. The van der Waals surface area contributed by atoms with Crippen LogP contribution in [0, 0.1) is 5.82 Å². The summed E-state index contributed by atoms with van der Waals surface area (Å²) in [6, 6.07) is 16.9. The van der Waals surface area contributed by atoms with Crippen LogP contribution in [0.4, 0.5) is 10.1 Å². The molecule has 0 spiro atoms. The Morgan fingerprint density at radius 3 is 2.51 bits per heavy atom. The lowest BCUT2D eigenvalue weighted by Gasteiger charge is -2.32. The highest BCUT2D eigenvalue weighted by Gasteiger charge is 2.25. The lowest BCUT2D eigenvalue weighted by Crippen LogP contribution is -2.28. The molecule has 0 saturated carbocycles. The molecule has 3 aromatic carbocycles. The number of halogens is 1. The van der Waals surface area contributed by atoms with Crippen molar-refractivity contribution >= 4 is 5.69 Å². The number of hydrogen-bond donors (Lipinski definition) is 2. The lowest BCUT2D eigenvalue weighted by atomic mass is 9.79. The van der Waals surface area contributed by atoms with E-state index in [1.54, 1.807) is 19.2 Å². The van der Waals surface area contributed by atoms with Crippen molar-refractivity contribution in [3.8, 4) is 17.2 Å². The average molecular weight is 537 g/mol. The highest BCUT2D eigenvalue weighted by molar-refractivity contribution is 5.60. The minimum atomic E-state index is -0.381. The van der Waals surface area contributed by atoms with Gasteiger partial charge in [0.1, 0.15) is 18.1 Å². The normalized spacial score (nSPS) is 14.8. The van der Waals surface area contributed by atoms with Gasteiger partial charge >= 0.3 is 0 Å². The van der Waals surface area contributed by atoms with Crippen LogP contribution < -0.4 is 14.4 Å². The number of nitrogens with zero attached hydrogens (tertiary/aromatic N) is 2. The molecule has 4 rings (SSSR count). The van der Waals surface area contributed by atoms with Crippen molar-refractivity contribution in [2.75, 3.05) is 51.4 Å². The highest BCUT2D eigenvalue weighted by atomic mass is 19.1. The fraction of sp³-hybridized carbons (Fsp3) is 0.438. The molecule has 2 N–H and O–H groups in total. The van der Waals surface area contributed by atoms with Gasteiger partial charge in [-0.3, -0.25) is 0 Å². The highest BCUT2D eigenvalue weighted by Crippen LogP contribution is 2.40. The summed E-state index contributed by atoms with van der Waals surface area (Å²) in [7, 11) is 1.65. The summed E-state index contributed by atoms with van der Waals surface area (Å²) in [5.74, 6) is 1.20. The van der Waals surface area contributed by atoms with Gasteiger partial charge in [-0.1, -0.05) is 32.0 Å². The Labute approximate surface area is 231 Å². The molecule has 0 radical (unpaired) electrons. The van der Waals surface area contributed by atoms with Gasteiger partial charge in [0, 0.05) is 31.4 Å². The molecule has 0 aromatic heterocycles. The number of hydrogen-bond acceptors (Lipinski definition) is 6. The maximum atomic E-state index is 15.0. The Bertz CT molecular complexity index is 1230. The second-order valence-corrected chi connectivity index (χ2v) is 10.1. The van der Waals surface area contributed by atoms with Gasteiger partial charge in [0.25, 0.3) is 0 Å². The van der Waals surface area contributed by atoms with Crippen molar-refractivity contribution in [2.45, 2.75) is 45.6 Å². The molecule has 0 fully saturated rings. The van der Waals surface area contributed by atoms with Crippen LogP contribution in [0.1, 0.15) is 48.4 Å². The third-order valence-corrected chi connectivity index (χ3v) is 7.74. The Balaban J connectivity index is 1.55. The van der Waals surface area contributed by atoms with Crippen LogP contribution in [0.25, 0.3) is 0 Å². The zero-order chi connectivity index (χ0) is 27.8. The number of rotatable bonds is 13. The van der Waals surface area contributed by atoms with E-state index in [4.69, 9.17) is 9.47 Å². The first-order valence-corrected chi connectivity index (χ1v) is 13.9. The van der Waals surface area contributed by atoms with E-state index in [1.807, 2.05) is 30.3 Å².